The van der Waals surface area contributed by atoms with E-state index in [1.54, 1.807) is 0 Å². The van der Waals surface area contributed by atoms with Crippen molar-refractivity contribution in [2.45, 2.75) is 25.0 Å². The summed E-state index contributed by atoms with van der Waals surface area (Å²) < 4.78 is 6.45. The molecular formula is C18H20OS. The first-order valence-corrected chi connectivity index (χ1v) is 8.42. The minimum atomic E-state index is 0.0606. The largest absolute Gasteiger partial charge is 0.365 e. The van der Waals surface area contributed by atoms with Gasteiger partial charge in [-0.05, 0) is 35.5 Å². The lowest BCUT2D eigenvalue weighted by Crippen LogP contribution is -2.22. The van der Waals surface area contributed by atoms with Crippen molar-refractivity contribution in [3.63, 3.8) is 0 Å². The molecule has 2 aromatic carbocycles. The van der Waals surface area contributed by atoms with E-state index >= 15 is 0 Å². The van der Waals surface area contributed by atoms with Gasteiger partial charge in [0.15, 0.2) is 0 Å². The topological polar surface area (TPSA) is 9.23 Å². The fourth-order valence-electron chi connectivity index (χ4n) is 2.61. The zero-order chi connectivity index (χ0) is 13.6. The van der Waals surface area contributed by atoms with E-state index < -0.39 is 0 Å². The zero-order valence-electron chi connectivity index (χ0n) is 11.6. The Balaban J connectivity index is 1.83. The summed E-state index contributed by atoms with van der Waals surface area (Å²) in [6, 6.07) is 21.1. The fourth-order valence-corrected chi connectivity index (χ4v) is 3.67. The Kier molecular flexibility index (Phi) is 4.77. The smallest absolute Gasteiger partial charge is 0.108 e. The van der Waals surface area contributed by atoms with Crippen molar-refractivity contribution >= 4 is 11.8 Å². The van der Waals surface area contributed by atoms with Gasteiger partial charge in [-0.25, -0.2) is 0 Å². The van der Waals surface area contributed by atoms with Crippen LogP contribution < -0.4 is 0 Å². The molecule has 0 bridgehead atoms. The number of thioether (sulfide) groups is 1. The second kappa shape index (κ2) is 6.96. The van der Waals surface area contributed by atoms with Crippen LogP contribution in [0.1, 0.15) is 30.1 Å². The van der Waals surface area contributed by atoms with Gasteiger partial charge in [0, 0.05) is 0 Å². The Morgan fingerprint density at radius 3 is 1.80 bits per heavy atom. The normalized spacial score (nSPS) is 16.4. The van der Waals surface area contributed by atoms with Crippen molar-refractivity contribution in [1.82, 2.24) is 0 Å². The van der Waals surface area contributed by atoms with Gasteiger partial charge in [0.05, 0.1) is 6.10 Å². The minimum Gasteiger partial charge on any atom is -0.365 e. The molecule has 2 aromatic rings. The molecule has 104 valence electrons. The molecule has 0 aromatic heterocycles. The summed E-state index contributed by atoms with van der Waals surface area (Å²) in [4.78, 5) is 0. The van der Waals surface area contributed by atoms with Crippen LogP contribution >= 0.6 is 11.8 Å². The summed E-state index contributed by atoms with van der Waals surface area (Å²) in [7, 11) is 0. The van der Waals surface area contributed by atoms with Crippen LogP contribution in [0.15, 0.2) is 60.7 Å². The zero-order valence-corrected chi connectivity index (χ0v) is 12.4. The first-order chi connectivity index (χ1) is 9.93. The van der Waals surface area contributed by atoms with E-state index in [4.69, 9.17) is 4.74 Å². The van der Waals surface area contributed by atoms with Gasteiger partial charge in [-0.15, -0.1) is 0 Å². The maximum absolute atomic E-state index is 6.45. The monoisotopic (exact) mass is 284 g/mol. The maximum atomic E-state index is 6.45. The second-order valence-corrected chi connectivity index (χ2v) is 6.37. The van der Waals surface area contributed by atoms with Crippen LogP contribution in [-0.2, 0) is 4.74 Å². The van der Waals surface area contributed by atoms with Crippen molar-refractivity contribution in [3.05, 3.63) is 71.8 Å². The Morgan fingerprint density at radius 1 is 0.800 bits per heavy atom. The molecule has 0 spiro atoms. The van der Waals surface area contributed by atoms with Crippen LogP contribution in [0.2, 0.25) is 0 Å². The van der Waals surface area contributed by atoms with Crippen molar-refractivity contribution in [2.75, 3.05) is 11.5 Å². The Morgan fingerprint density at radius 2 is 1.30 bits per heavy atom. The van der Waals surface area contributed by atoms with E-state index in [0.29, 0.717) is 6.10 Å². The third-order valence-corrected chi connectivity index (χ3v) is 4.75. The highest BCUT2D eigenvalue weighted by atomic mass is 32.2. The fraction of sp³-hybridized carbons (Fsp3) is 0.333. The quantitative estimate of drug-likeness (QED) is 0.805. The first-order valence-electron chi connectivity index (χ1n) is 7.26. The van der Waals surface area contributed by atoms with E-state index in [-0.39, 0.29) is 6.10 Å². The van der Waals surface area contributed by atoms with Crippen LogP contribution in [0.3, 0.4) is 0 Å². The van der Waals surface area contributed by atoms with Crippen LogP contribution in [0.5, 0.6) is 0 Å². The lowest BCUT2D eigenvalue weighted by molar-refractivity contribution is 0.00405. The number of benzene rings is 2. The van der Waals surface area contributed by atoms with Gasteiger partial charge in [0.1, 0.15) is 6.10 Å². The molecule has 1 nitrogen and oxygen atoms in total. The van der Waals surface area contributed by atoms with Crippen LogP contribution in [0, 0.1) is 0 Å². The highest BCUT2D eigenvalue weighted by Crippen LogP contribution is 2.31. The van der Waals surface area contributed by atoms with Crippen molar-refractivity contribution in [3.8, 4) is 0 Å². The van der Waals surface area contributed by atoms with E-state index in [1.807, 2.05) is 11.8 Å². The molecule has 20 heavy (non-hydrogen) atoms. The van der Waals surface area contributed by atoms with Gasteiger partial charge < -0.3 is 4.74 Å². The molecular weight excluding hydrogens is 264 g/mol. The van der Waals surface area contributed by atoms with Crippen LogP contribution in [-0.4, -0.2) is 17.6 Å². The van der Waals surface area contributed by atoms with Gasteiger partial charge in [0.25, 0.3) is 0 Å². The third kappa shape index (κ3) is 3.44. The molecule has 1 fully saturated rings. The summed E-state index contributed by atoms with van der Waals surface area (Å²) >= 11 is 2.04. The summed E-state index contributed by atoms with van der Waals surface area (Å²) in [6.07, 6.45) is 2.79. The second-order valence-electron chi connectivity index (χ2n) is 5.15. The lowest BCUT2D eigenvalue weighted by atomic mass is 10.0. The summed E-state index contributed by atoms with van der Waals surface area (Å²) in [6.45, 7) is 0. The lowest BCUT2D eigenvalue weighted by Gasteiger charge is -2.28. The molecule has 0 aliphatic carbocycles. The van der Waals surface area contributed by atoms with Crippen molar-refractivity contribution in [2.24, 2.45) is 0 Å². The standard InChI is InChI=1S/C18H20OS/c1-3-7-15(8-4-1)18(16-9-5-2-6-10-16)19-17-11-13-20-14-12-17/h1-10,17-18H,11-14H2. The number of hydrogen-bond acceptors (Lipinski definition) is 2. The Bertz CT molecular complexity index is 466. The number of ether oxygens (including phenoxy) is 1. The van der Waals surface area contributed by atoms with E-state index in [9.17, 15) is 0 Å². The molecule has 1 aliphatic heterocycles. The molecule has 0 saturated carbocycles. The highest BCUT2D eigenvalue weighted by Gasteiger charge is 2.21. The average molecular weight is 284 g/mol. The molecule has 1 heterocycles. The molecule has 0 radical (unpaired) electrons. The van der Waals surface area contributed by atoms with Crippen molar-refractivity contribution < 1.29 is 4.74 Å². The minimum absolute atomic E-state index is 0.0606. The van der Waals surface area contributed by atoms with E-state index in [2.05, 4.69) is 60.7 Å². The molecule has 0 atom stereocenters. The molecule has 2 heteroatoms. The van der Waals surface area contributed by atoms with Gasteiger partial charge >= 0.3 is 0 Å². The van der Waals surface area contributed by atoms with Crippen LogP contribution in [0.4, 0.5) is 0 Å². The molecule has 1 saturated heterocycles. The van der Waals surface area contributed by atoms with Gasteiger partial charge in [-0.2, -0.15) is 11.8 Å². The Hall–Kier alpha value is -1.25. The summed E-state index contributed by atoms with van der Waals surface area (Å²) in [5.74, 6) is 2.45. The van der Waals surface area contributed by atoms with Gasteiger partial charge in [0.2, 0.25) is 0 Å². The summed E-state index contributed by atoms with van der Waals surface area (Å²) in [5.41, 5.74) is 2.49. The molecule has 0 unspecified atom stereocenters. The van der Waals surface area contributed by atoms with Crippen molar-refractivity contribution in [1.29, 1.82) is 0 Å². The van der Waals surface area contributed by atoms with E-state index in [1.165, 1.54) is 35.5 Å². The summed E-state index contributed by atoms with van der Waals surface area (Å²) in [5, 5.41) is 0. The Labute approximate surface area is 125 Å². The SMILES string of the molecule is c1ccc(C(OC2CCSCC2)c2ccccc2)cc1. The molecule has 0 amide bonds. The molecule has 0 N–H and O–H groups in total. The van der Waals surface area contributed by atoms with Gasteiger partial charge in [-0.3, -0.25) is 0 Å². The number of rotatable bonds is 4. The van der Waals surface area contributed by atoms with Crippen LogP contribution in [0.25, 0.3) is 0 Å². The predicted octanol–water partition coefficient (Wildman–Crippen LogP) is 4.69. The highest BCUT2D eigenvalue weighted by molar-refractivity contribution is 7.99. The molecule has 1 aliphatic rings. The average Bonchev–Trinajstić information content (AvgIpc) is 2.55. The third-order valence-electron chi connectivity index (χ3n) is 3.70. The first kappa shape index (κ1) is 13.7. The predicted molar refractivity (Wildman–Crippen MR) is 86.2 cm³/mol. The molecule has 3 rings (SSSR count). The number of hydrogen-bond donors (Lipinski definition) is 0. The maximum Gasteiger partial charge on any atom is 0.108 e. The van der Waals surface area contributed by atoms with Gasteiger partial charge in [-0.1, -0.05) is 60.7 Å². The van der Waals surface area contributed by atoms with E-state index in [0.717, 1.165) is 0 Å².